The minimum atomic E-state index is -0.833. The summed E-state index contributed by atoms with van der Waals surface area (Å²) in [5.41, 5.74) is 9.25. The van der Waals surface area contributed by atoms with E-state index in [0.717, 1.165) is 56.3 Å². The summed E-state index contributed by atoms with van der Waals surface area (Å²) in [6.45, 7) is 3.87. The van der Waals surface area contributed by atoms with Crippen LogP contribution < -0.4 is 10.6 Å². The van der Waals surface area contributed by atoms with Gasteiger partial charge in [0, 0.05) is 45.9 Å². The van der Waals surface area contributed by atoms with E-state index in [-0.39, 0.29) is 12.3 Å². The number of aliphatic carboxylic acids is 1. The summed E-state index contributed by atoms with van der Waals surface area (Å²) < 4.78 is 0. The molecule has 5 N–H and O–H groups in total. The van der Waals surface area contributed by atoms with Crippen LogP contribution in [-0.2, 0) is 16.0 Å². The highest BCUT2D eigenvalue weighted by Gasteiger charge is 2.25. The van der Waals surface area contributed by atoms with Crippen LogP contribution in [-0.4, -0.2) is 37.1 Å². The summed E-state index contributed by atoms with van der Waals surface area (Å²) in [5.74, 6) is 0.291. The minimum absolute atomic E-state index is 0.0600. The van der Waals surface area contributed by atoms with E-state index in [1.807, 2.05) is 92.7 Å². The first kappa shape index (κ1) is 25.8. The fourth-order valence-electron chi connectivity index (χ4n) is 5.14. The molecule has 0 fully saturated rings. The Morgan fingerprint density at radius 2 is 1.76 bits per heavy atom. The van der Waals surface area contributed by atoms with Gasteiger partial charge in [-0.1, -0.05) is 48.5 Å². The fourth-order valence-corrected chi connectivity index (χ4v) is 5.14. The summed E-state index contributed by atoms with van der Waals surface area (Å²) >= 11 is 0. The summed E-state index contributed by atoms with van der Waals surface area (Å²) in [6, 6.07) is 23.5. The Hall–Kier alpha value is -5.44. The van der Waals surface area contributed by atoms with Gasteiger partial charge in [0.25, 0.3) is 5.91 Å². The molecule has 0 radical (unpaired) electrons. The summed E-state index contributed by atoms with van der Waals surface area (Å²) in [6.07, 6.45) is 2.34. The van der Waals surface area contributed by atoms with Crippen molar-refractivity contribution < 1.29 is 14.7 Å². The average molecular weight is 545 g/mol. The van der Waals surface area contributed by atoms with E-state index < -0.39 is 5.97 Å². The predicted octanol–water partition coefficient (Wildman–Crippen LogP) is 6.34. The number of nitrogens with zero attached hydrogens (tertiary/aromatic N) is 2. The average Bonchev–Trinajstić information content (AvgIpc) is 3.65. The lowest BCUT2D eigenvalue weighted by Gasteiger charge is -2.09. The summed E-state index contributed by atoms with van der Waals surface area (Å²) in [7, 11) is 0. The summed E-state index contributed by atoms with van der Waals surface area (Å²) in [5, 5.41) is 22.9. The smallest absolute Gasteiger partial charge is 0.303 e. The van der Waals surface area contributed by atoms with Gasteiger partial charge in [-0.05, 0) is 61.7 Å². The number of benzene rings is 3. The van der Waals surface area contributed by atoms with Crippen LogP contribution in [0, 0.1) is 13.8 Å². The normalized spacial score (nSPS) is 13.3. The van der Waals surface area contributed by atoms with E-state index in [4.69, 9.17) is 5.11 Å². The molecule has 6 rings (SSSR count). The van der Waals surface area contributed by atoms with Crippen LogP contribution in [0.5, 0.6) is 0 Å². The Balaban J connectivity index is 1.22. The van der Waals surface area contributed by atoms with Crippen molar-refractivity contribution in [3.63, 3.8) is 0 Å². The van der Waals surface area contributed by atoms with Gasteiger partial charge < -0.3 is 20.7 Å². The maximum absolute atomic E-state index is 12.9. The number of carbonyl (C=O) groups excluding carboxylic acids is 1. The third-order valence-electron chi connectivity index (χ3n) is 7.25. The molecule has 9 nitrogen and oxygen atoms in total. The van der Waals surface area contributed by atoms with Gasteiger partial charge in [0.05, 0.1) is 11.3 Å². The Morgan fingerprint density at radius 1 is 0.976 bits per heavy atom. The second-order valence-corrected chi connectivity index (χ2v) is 10.0. The molecule has 9 heteroatoms. The van der Waals surface area contributed by atoms with E-state index in [2.05, 4.69) is 30.8 Å². The predicted molar refractivity (Wildman–Crippen MR) is 160 cm³/mol. The maximum atomic E-state index is 12.9. The number of carboxylic acid groups (broad SMARTS) is 1. The topological polar surface area (TPSA) is 136 Å². The molecule has 1 amide bonds. The number of hydrogen-bond acceptors (Lipinski definition) is 5. The van der Waals surface area contributed by atoms with Crippen molar-refractivity contribution in [1.82, 2.24) is 20.2 Å². The zero-order valence-electron chi connectivity index (χ0n) is 22.6. The molecule has 0 saturated carbocycles. The lowest BCUT2D eigenvalue weighted by atomic mass is 10.0. The molecule has 3 heterocycles. The van der Waals surface area contributed by atoms with Gasteiger partial charge in [-0.2, -0.15) is 5.10 Å². The fraction of sp³-hybridized carbons (Fsp3) is 0.125. The monoisotopic (exact) mass is 544 g/mol. The van der Waals surface area contributed by atoms with E-state index in [9.17, 15) is 9.59 Å². The Bertz CT molecular complexity index is 1820. The molecular formula is C32H28N6O3. The van der Waals surface area contributed by atoms with E-state index in [1.165, 1.54) is 0 Å². The molecule has 0 atom stereocenters. The first-order valence-electron chi connectivity index (χ1n) is 13.3. The molecule has 1 aliphatic heterocycles. The highest BCUT2D eigenvalue weighted by molar-refractivity contribution is 6.35. The van der Waals surface area contributed by atoms with Crippen LogP contribution in [0.1, 0.15) is 34.5 Å². The number of aromatic amines is 2. The van der Waals surface area contributed by atoms with E-state index in [1.54, 1.807) is 0 Å². The quantitative estimate of drug-likeness (QED) is 0.145. The van der Waals surface area contributed by atoms with Crippen molar-refractivity contribution in [2.24, 2.45) is 0 Å². The lowest BCUT2D eigenvalue weighted by molar-refractivity contribution is -0.137. The molecule has 204 valence electrons. The third kappa shape index (κ3) is 5.25. The van der Waals surface area contributed by atoms with Gasteiger partial charge in [0.1, 0.15) is 0 Å². The molecule has 0 saturated heterocycles. The highest BCUT2D eigenvalue weighted by Crippen LogP contribution is 2.37. The van der Waals surface area contributed by atoms with Crippen molar-refractivity contribution in [2.75, 3.05) is 10.6 Å². The molecule has 41 heavy (non-hydrogen) atoms. The molecule has 0 unspecified atom stereocenters. The first-order chi connectivity index (χ1) is 19.9. The van der Waals surface area contributed by atoms with Gasteiger partial charge in [-0.3, -0.25) is 14.7 Å². The van der Waals surface area contributed by atoms with Crippen molar-refractivity contribution in [3.05, 3.63) is 101 Å². The number of carboxylic acids is 1. The van der Waals surface area contributed by atoms with Crippen LogP contribution in [0.15, 0.2) is 72.8 Å². The van der Waals surface area contributed by atoms with Crippen molar-refractivity contribution in [2.45, 2.75) is 26.7 Å². The third-order valence-corrected chi connectivity index (χ3v) is 7.25. The molecule has 3 aromatic carbocycles. The molecule has 0 bridgehead atoms. The Labute approximate surface area is 236 Å². The van der Waals surface area contributed by atoms with Crippen molar-refractivity contribution in [3.8, 4) is 22.8 Å². The van der Waals surface area contributed by atoms with Crippen LogP contribution in [0.25, 0.3) is 34.4 Å². The van der Waals surface area contributed by atoms with Crippen molar-refractivity contribution in [1.29, 1.82) is 0 Å². The zero-order valence-corrected chi connectivity index (χ0v) is 22.6. The second-order valence-electron chi connectivity index (χ2n) is 10.0. The van der Waals surface area contributed by atoms with Gasteiger partial charge >= 0.3 is 5.97 Å². The number of anilines is 3. The second kappa shape index (κ2) is 10.6. The number of amides is 1. The lowest BCUT2D eigenvalue weighted by Crippen LogP contribution is -2.03. The van der Waals surface area contributed by atoms with Gasteiger partial charge in [0.15, 0.2) is 11.6 Å². The van der Waals surface area contributed by atoms with Gasteiger partial charge in [-0.15, -0.1) is 0 Å². The number of hydrogen-bond donors (Lipinski definition) is 5. The Morgan fingerprint density at radius 3 is 2.56 bits per heavy atom. The molecule has 2 aromatic heterocycles. The molecular weight excluding hydrogens is 516 g/mol. The number of carbonyl (C=O) groups is 2. The largest absolute Gasteiger partial charge is 0.481 e. The standard InChI is InChI=1S/C32H28N6O3/c1-18-24(13-14-29(39)40)19(2)33-27(18)17-26-25-12-11-23(16-28(25)35-32(26)41)34-22-10-6-9-21(15-22)31-36-30(37-38-31)20-7-4-3-5-8-20/h3-12,15-17,33-34H,13-14H2,1-2H3,(H,35,41)(H,39,40)(H,36,37,38). The van der Waals surface area contributed by atoms with E-state index >= 15 is 0 Å². The number of H-pyrrole nitrogens is 2. The number of aromatic nitrogens is 4. The Kier molecular flexibility index (Phi) is 6.68. The van der Waals surface area contributed by atoms with Crippen LogP contribution in [0.4, 0.5) is 17.1 Å². The van der Waals surface area contributed by atoms with E-state index in [0.29, 0.717) is 23.6 Å². The van der Waals surface area contributed by atoms with Crippen LogP contribution >= 0.6 is 0 Å². The van der Waals surface area contributed by atoms with Crippen LogP contribution in [0.2, 0.25) is 0 Å². The number of fused-ring (bicyclic) bond motifs is 1. The van der Waals surface area contributed by atoms with Gasteiger partial charge in [0.2, 0.25) is 0 Å². The number of nitrogens with one attached hydrogen (secondary N) is 4. The first-order valence-corrected chi connectivity index (χ1v) is 13.3. The zero-order chi connectivity index (χ0) is 28.5. The number of aryl methyl sites for hydroxylation is 1. The maximum Gasteiger partial charge on any atom is 0.303 e. The molecule has 0 aliphatic carbocycles. The summed E-state index contributed by atoms with van der Waals surface area (Å²) in [4.78, 5) is 31.9. The van der Waals surface area contributed by atoms with Gasteiger partial charge in [-0.25, -0.2) is 4.98 Å². The highest BCUT2D eigenvalue weighted by atomic mass is 16.4. The van der Waals surface area contributed by atoms with Crippen LogP contribution in [0.3, 0.4) is 0 Å². The van der Waals surface area contributed by atoms with Crippen molar-refractivity contribution >= 4 is 40.6 Å². The minimum Gasteiger partial charge on any atom is -0.481 e. The molecule has 1 aliphatic rings. The number of rotatable bonds is 8. The molecule has 5 aromatic rings. The molecule has 0 spiro atoms. The SMILES string of the molecule is Cc1[nH]c(C=C2C(=O)Nc3cc(Nc4cccc(-c5n[nH]c(-c6ccccc6)n5)c4)ccc32)c(C)c1CCC(=O)O.